The summed E-state index contributed by atoms with van der Waals surface area (Å²) in [7, 11) is 0. The fourth-order valence-electron chi connectivity index (χ4n) is 15.6. The van der Waals surface area contributed by atoms with E-state index >= 15 is 0 Å². The predicted octanol–water partition coefficient (Wildman–Crippen LogP) is 24.1. The second-order valence-corrected chi connectivity index (χ2v) is 31.6. The van der Waals surface area contributed by atoms with Crippen LogP contribution in [0.1, 0.15) is 117 Å². The van der Waals surface area contributed by atoms with E-state index in [-0.39, 0.29) is 21.7 Å². The van der Waals surface area contributed by atoms with Crippen LogP contribution in [0.25, 0.3) is 155 Å². The Kier molecular flexibility index (Phi) is 14.1. The SMILES string of the molecule is Cc1ccc(-c2c(-c3nc(-c4ccccc4)nc(-c4ccccc4)n3)c(-n3c4ccccc4c4cc(C(C)(C)C)ccc43)c(-n3c4ccccc4c4cc(C(C)(C)C)ccc43)c(-n3c4ccccc4c4cc(C(C)(C)C)ccc43)c2-n2c3ccccc3c3cc(C(C)(C)C)ccc32)c(C)n1. The van der Waals surface area contributed by atoms with E-state index in [4.69, 9.17) is 19.9 Å². The third-order valence-corrected chi connectivity index (χ3v) is 20.9. The highest BCUT2D eigenvalue weighted by molar-refractivity contribution is 6.19. The van der Waals surface area contributed by atoms with Gasteiger partial charge in [0.1, 0.15) is 0 Å². The van der Waals surface area contributed by atoms with E-state index in [1.165, 1.54) is 27.6 Å². The van der Waals surface area contributed by atoms with Gasteiger partial charge in [0, 0.05) is 76.7 Å². The van der Waals surface area contributed by atoms with Crippen LogP contribution in [-0.4, -0.2) is 38.2 Å². The number of aryl methyl sites for hydroxylation is 2. The third kappa shape index (κ3) is 9.91. The van der Waals surface area contributed by atoms with Gasteiger partial charge in [-0.15, -0.1) is 0 Å². The lowest BCUT2D eigenvalue weighted by atomic mass is 9.86. The molecule has 0 amide bonds. The topological polar surface area (TPSA) is 71.3 Å². The molecule has 0 saturated carbocycles. The summed E-state index contributed by atoms with van der Waals surface area (Å²) in [6.45, 7) is 32.1. The van der Waals surface area contributed by atoms with Crippen molar-refractivity contribution in [2.24, 2.45) is 0 Å². The van der Waals surface area contributed by atoms with E-state index in [2.05, 4.69) is 358 Å². The normalized spacial score (nSPS) is 12.7. The van der Waals surface area contributed by atoms with Crippen LogP contribution in [0.4, 0.5) is 0 Å². The summed E-state index contributed by atoms with van der Waals surface area (Å²) >= 11 is 0. The lowest BCUT2D eigenvalue weighted by Crippen LogP contribution is -2.18. The number of pyridine rings is 1. The molecule has 0 aliphatic heterocycles. The average molecular weight is 1300 g/mol. The minimum Gasteiger partial charge on any atom is -0.306 e. The van der Waals surface area contributed by atoms with Crippen molar-refractivity contribution in [2.75, 3.05) is 0 Å². The highest BCUT2D eigenvalue weighted by Crippen LogP contribution is 2.55. The molecular formula is C92H82N8. The molecule has 6 aromatic heterocycles. The smallest absolute Gasteiger partial charge is 0.167 e. The number of hydrogen-bond donors (Lipinski definition) is 0. The third-order valence-electron chi connectivity index (χ3n) is 20.9. The van der Waals surface area contributed by atoms with Crippen LogP contribution in [0.3, 0.4) is 0 Å². The standard InChI is InChI=1S/C92H82N8/c1-55-41-46-63(56(2)93-55)80-81(88-95-86(57-29-17-15-18-30-57)94-87(96-88)58-31-19-16-20-32-58)83(98-73-38-26-22-34-65(73)69-52-60(90(6,7)8)43-48-77(69)98)85(100-75-40-28-24-36-67(75)71-54-62(92(12,13)14)45-50-79(71)100)84(99-74-39-27-23-35-66(74)70-53-61(91(9,10)11)44-49-78(70)99)82(80)97-72-37-25-21-33-64(72)68-51-59(89(3,4)5)42-47-76(68)97/h15-54H,1-14H3. The van der Waals surface area contributed by atoms with Gasteiger partial charge in [0.05, 0.1) is 72.4 Å². The van der Waals surface area contributed by atoms with Crippen molar-refractivity contribution in [3.8, 4) is 68.0 Å². The summed E-state index contributed by atoms with van der Waals surface area (Å²) in [6.07, 6.45) is 0. The summed E-state index contributed by atoms with van der Waals surface area (Å²) in [5.41, 5.74) is 22.8. The molecule has 0 atom stereocenters. The second kappa shape index (κ2) is 22.7. The first-order chi connectivity index (χ1) is 48.0. The molecule has 490 valence electrons. The molecule has 0 aliphatic carbocycles. The number of para-hydroxylation sites is 4. The molecule has 100 heavy (non-hydrogen) atoms. The average Bonchev–Trinajstić information content (AvgIpc) is 1.48. The van der Waals surface area contributed by atoms with Gasteiger partial charge in [0.25, 0.3) is 0 Å². The number of nitrogens with zero attached hydrogens (tertiary/aromatic N) is 8. The zero-order valence-corrected chi connectivity index (χ0v) is 59.7. The Balaban J connectivity index is 1.26. The first-order valence-electron chi connectivity index (χ1n) is 35.2. The second-order valence-electron chi connectivity index (χ2n) is 31.6. The molecule has 17 aromatic rings. The largest absolute Gasteiger partial charge is 0.306 e. The van der Waals surface area contributed by atoms with E-state index in [0.29, 0.717) is 17.5 Å². The molecule has 0 N–H and O–H groups in total. The lowest BCUT2D eigenvalue weighted by Gasteiger charge is -2.31. The molecule has 0 fully saturated rings. The van der Waals surface area contributed by atoms with Gasteiger partial charge in [-0.25, -0.2) is 15.0 Å². The first-order valence-corrected chi connectivity index (χ1v) is 35.2. The van der Waals surface area contributed by atoms with E-state index < -0.39 is 0 Å². The van der Waals surface area contributed by atoms with Crippen molar-refractivity contribution < 1.29 is 0 Å². The number of rotatable bonds is 8. The number of aromatic nitrogens is 8. The Hall–Kier alpha value is -11.2. The summed E-state index contributed by atoms with van der Waals surface area (Å²) < 4.78 is 10.4. The highest BCUT2D eigenvalue weighted by Gasteiger charge is 2.38. The van der Waals surface area contributed by atoms with Crippen molar-refractivity contribution in [3.63, 3.8) is 0 Å². The van der Waals surface area contributed by atoms with Crippen molar-refractivity contribution in [1.82, 2.24) is 38.2 Å². The van der Waals surface area contributed by atoms with Crippen LogP contribution in [-0.2, 0) is 21.7 Å². The van der Waals surface area contributed by atoms with Gasteiger partial charge in [-0.1, -0.05) is 247 Å². The molecule has 0 radical (unpaired) electrons. The summed E-state index contributed by atoms with van der Waals surface area (Å²) in [5.74, 6) is 1.62. The Morgan fingerprint density at radius 2 is 0.520 bits per heavy atom. The Morgan fingerprint density at radius 1 is 0.240 bits per heavy atom. The zero-order chi connectivity index (χ0) is 69.1. The Bertz CT molecular complexity index is 6140. The molecular weight excluding hydrogens is 1220 g/mol. The molecule has 0 bridgehead atoms. The monoisotopic (exact) mass is 1300 g/mol. The summed E-state index contributed by atoms with van der Waals surface area (Å²) in [6, 6.07) is 90.4. The van der Waals surface area contributed by atoms with Crippen LogP contribution < -0.4 is 0 Å². The number of benzene rings is 11. The molecule has 8 heteroatoms. The Labute approximate surface area is 584 Å². The molecule has 0 aliphatic rings. The fourth-order valence-corrected chi connectivity index (χ4v) is 15.6. The maximum Gasteiger partial charge on any atom is 0.167 e. The van der Waals surface area contributed by atoms with Crippen molar-refractivity contribution >= 4 is 87.2 Å². The maximum atomic E-state index is 6.02. The van der Waals surface area contributed by atoms with Gasteiger partial charge in [-0.3, -0.25) is 4.98 Å². The van der Waals surface area contributed by atoms with Gasteiger partial charge in [0.2, 0.25) is 0 Å². The summed E-state index contributed by atoms with van der Waals surface area (Å²) in [4.78, 5) is 23.1. The molecule has 8 nitrogen and oxygen atoms in total. The number of hydrogen-bond acceptors (Lipinski definition) is 4. The summed E-state index contributed by atoms with van der Waals surface area (Å²) in [5, 5.41) is 9.19. The molecule has 0 unspecified atom stereocenters. The minimum absolute atomic E-state index is 0.152. The molecule has 6 heterocycles. The van der Waals surface area contributed by atoms with Gasteiger partial charge in [-0.05, 0) is 137 Å². The van der Waals surface area contributed by atoms with Crippen LogP contribution >= 0.6 is 0 Å². The van der Waals surface area contributed by atoms with E-state index in [0.717, 1.165) is 144 Å². The maximum absolute atomic E-state index is 6.02. The quantitative estimate of drug-likeness (QED) is 0.152. The van der Waals surface area contributed by atoms with Gasteiger partial charge >= 0.3 is 0 Å². The van der Waals surface area contributed by atoms with Crippen LogP contribution in [0, 0.1) is 13.8 Å². The van der Waals surface area contributed by atoms with Crippen molar-refractivity contribution in [2.45, 2.75) is 119 Å². The van der Waals surface area contributed by atoms with Gasteiger partial charge in [0.15, 0.2) is 17.5 Å². The van der Waals surface area contributed by atoms with Gasteiger partial charge in [-0.2, -0.15) is 0 Å². The van der Waals surface area contributed by atoms with Crippen LogP contribution in [0.5, 0.6) is 0 Å². The Morgan fingerprint density at radius 3 is 0.840 bits per heavy atom. The zero-order valence-electron chi connectivity index (χ0n) is 59.7. The van der Waals surface area contributed by atoms with E-state index in [1.54, 1.807) is 0 Å². The predicted molar refractivity (Wildman–Crippen MR) is 421 cm³/mol. The molecule has 11 aromatic carbocycles. The van der Waals surface area contributed by atoms with E-state index in [1.807, 2.05) is 0 Å². The highest BCUT2D eigenvalue weighted by atomic mass is 15.2. The minimum atomic E-state index is -0.160. The lowest BCUT2D eigenvalue weighted by molar-refractivity contribution is 0.591. The van der Waals surface area contributed by atoms with E-state index in [9.17, 15) is 0 Å². The molecule has 17 rings (SSSR count). The van der Waals surface area contributed by atoms with Crippen molar-refractivity contribution in [1.29, 1.82) is 0 Å². The molecule has 0 spiro atoms. The van der Waals surface area contributed by atoms with Gasteiger partial charge < -0.3 is 18.3 Å². The van der Waals surface area contributed by atoms with Crippen LogP contribution in [0.15, 0.2) is 243 Å². The molecule has 0 saturated heterocycles. The van der Waals surface area contributed by atoms with Crippen molar-refractivity contribution in [3.05, 3.63) is 276 Å². The number of fused-ring (bicyclic) bond motifs is 12. The fraction of sp³-hybridized carbons (Fsp3) is 0.196. The first kappa shape index (κ1) is 62.3. The van der Waals surface area contributed by atoms with Crippen LogP contribution in [0.2, 0.25) is 0 Å².